The molecule has 0 aromatic heterocycles. The third kappa shape index (κ3) is 3.62. The van der Waals surface area contributed by atoms with Crippen LogP contribution in [0.1, 0.15) is 22.3 Å². The van der Waals surface area contributed by atoms with Crippen molar-refractivity contribution in [2.75, 3.05) is 0 Å². The van der Waals surface area contributed by atoms with Crippen LogP contribution in [0, 0.1) is 6.92 Å². The summed E-state index contributed by atoms with van der Waals surface area (Å²) in [4.78, 5) is 0. The van der Waals surface area contributed by atoms with Gasteiger partial charge in [0.05, 0.1) is 0 Å². The number of hydrogen-bond acceptors (Lipinski definition) is 2. The maximum atomic E-state index is 5.74. The molecule has 0 aliphatic carbocycles. The molecule has 0 aliphatic heterocycles. The van der Waals surface area contributed by atoms with Crippen molar-refractivity contribution in [2.45, 2.75) is 25.0 Å². The van der Waals surface area contributed by atoms with Crippen LogP contribution in [0.5, 0.6) is 0 Å². The van der Waals surface area contributed by atoms with E-state index in [1.807, 2.05) is 11.8 Å². The van der Waals surface area contributed by atoms with Crippen LogP contribution in [-0.2, 0) is 18.1 Å². The molecule has 0 saturated heterocycles. The highest BCUT2D eigenvalue weighted by atomic mass is 32.2. The maximum absolute atomic E-state index is 5.74. The van der Waals surface area contributed by atoms with Gasteiger partial charge in [0.15, 0.2) is 0 Å². The molecule has 0 radical (unpaired) electrons. The first-order valence-corrected chi connectivity index (χ1v) is 7.35. The summed E-state index contributed by atoms with van der Waals surface area (Å²) in [5.74, 6) is 2.09. The number of benzene rings is 2. The number of nitrogens with two attached hydrogens (primary N) is 1. The van der Waals surface area contributed by atoms with Gasteiger partial charge in [0.2, 0.25) is 0 Å². The molecule has 2 N–H and O–H groups in total. The van der Waals surface area contributed by atoms with Crippen LogP contribution in [0.25, 0.3) is 0 Å². The minimum atomic E-state index is 0.626. The van der Waals surface area contributed by atoms with Crippen molar-refractivity contribution in [3.05, 3.63) is 70.8 Å². The first-order valence-electron chi connectivity index (χ1n) is 6.19. The topological polar surface area (TPSA) is 26.0 Å². The van der Waals surface area contributed by atoms with Crippen LogP contribution in [0.3, 0.4) is 0 Å². The third-order valence-electron chi connectivity index (χ3n) is 2.95. The fourth-order valence-electron chi connectivity index (χ4n) is 1.98. The summed E-state index contributed by atoms with van der Waals surface area (Å²) in [6.07, 6.45) is 0. The van der Waals surface area contributed by atoms with E-state index in [0.717, 1.165) is 11.5 Å². The van der Waals surface area contributed by atoms with Crippen LogP contribution in [0.4, 0.5) is 0 Å². The van der Waals surface area contributed by atoms with Gasteiger partial charge in [-0.05, 0) is 23.6 Å². The highest BCUT2D eigenvalue weighted by molar-refractivity contribution is 7.97. The second kappa shape index (κ2) is 6.62. The highest BCUT2D eigenvalue weighted by Crippen LogP contribution is 2.20. The molecule has 1 nitrogen and oxygen atoms in total. The van der Waals surface area contributed by atoms with Crippen LogP contribution in [-0.4, -0.2) is 0 Å². The lowest BCUT2D eigenvalue weighted by Crippen LogP contribution is -2.00. The Hall–Kier alpha value is -1.25. The van der Waals surface area contributed by atoms with Crippen LogP contribution in [0.2, 0.25) is 0 Å². The molecule has 18 heavy (non-hydrogen) atoms. The molecule has 0 amide bonds. The summed E-state index contributed by atoms with van der Waals surface area (Å²) in [6.45, 7) is 2.76. The summed E-state index contributed by atoms with van der Waals surface area (Å²) in [7, 11) is 0. The van der Waals surface area contributed by atoms with E-state index in [-0.39, 0.29) is 0 Å². The Kier molecular flexibility index (Phi) is 4.85. The SMILES string of the molecule is Cc1cccc(CSCc2ccccc2CN)c1. The Morgan fingerprint density at radius 1 is 0.944 bits per heavy atom. The van der Waals surface area contributed by atoms with Gasteiger partial charge < -0.3 is 5.73 Å². The third-order valence-corrected chi connectivity index (χ3v) is 4.00. The standard InChI is InChI=1S/C16H19NS/c1-13-5-4-6-14(9-13)11-18-12-16-8-3-2-7-15(16)10-17/h2-9H,10-12,17H2,1H3. The monoisotopic (exact) mass is 257 g/mol. The minimum absolute atomic E-state index is 0.626. The molecule has 2 aromatic carbocycles. The van der Waals surface area contributed by atoms with E-state index in [2.05, 4.69) is 55.5 Å². The van der Waals surface area contributed by atoms with Crippen molar-refractivity contribution in [1.29, 1.82) is 0 Å². The Bertz CT molecular complexity index is 508. The van der Waals surface area contributed by atoms with Crippen molar-refractivity contribution >= 4 is 11.8 Å². The van der Waals surface area contributed by atoms with Crippen molar-refractivity contribution in [2.24, 2.45) is 5.73 Å². The largest absolute Gasteiger partial charge is 0.326 e. The summed E-state index contributed by atoms with van der Waals surface area (Å²) >= 11 is 1.94. The Balaban J connectivity index is 1.92. The molecule has 0 fully saturated rings. The second-order valence-corrected chi connectivity index (χ2v) is 5.44. The van der Waals surface area contributed by atoms with E-state index in [1.165, 1.54) is 22.3 Å². The van der Waals surface area contributed by atoms with Crippen molar-refractivity contribution < 1.29 is 0 Å². The normalized spacial score (nSPS) is 10.6. The summed E-state index contributed by atoms with van der Waals surface area (Å²) in [5, 5.41) is 0. The molecule has 0 heterocycles. The molecule has 0 unspecified atom stereocenters. The number of aryl methyl sites for hydroxylation is 1. The van der Waals surface area contributed by atoms with E-state index in [4.69, 9.17) is 5.73 Å². The van der Waals surface area contributed by atoms with Crippen LogP contribution in [0.15, 0.2) is 48.5 Å². The number of rotatable bonds is 5. The maximum Gasteiger partial charge on any atom is 0.0191 e. The molecular weight excluding hydrogens is 238 g/mol. The Labute approximate surface area is 113 Å². The van der Waals surface area contributed by atoms with Crippen LogP contribution >= 0.6 is 11.8 Å². The fraction of sp³-hybridized carbons (Fsp3) is 0.250. The first kappa shape index (κ1) is 13.2. The molecule has 0 saturated carbocycles. The van der Waals surface area contributed by atoms with Gasteiger partial charge in [0, 0.05) is 18.1 Å². The van der Waals surface area contributed by atoms with Crippen molar-refractivity contribution in [3.8, 4) is 0 Å². The second-order valence-electron chi connectivity index (χ2n) is 4.45. The zero-order valence-electron chi connectivity index (χ0n) is 10.7. The smallest absolute Gasteiger partial charge is 0.0191 e. The van der Waals surface area contributed by atoms with E-state index in [9.17, 15) is 0 Å². The predicted octanol–water partition coefficient (Wildman–Crippen LogP) is 3.89. The summed E-state index contributed by atoms with van der Waals surface area (Å²) in [6, 6.07) is 17.1. The molecule has 0 spiro atoms. The van der Waals surface area contributed by atoms with Gasteiger partial charge >= 0.3 is 0 Å². The summed E-state index contributed by atoms with van der Waals surface area (Å²) in [5.41, 5.74) is 11.1. The van der Waals surface area contributed by atoms with Gasteiger partial charge in [-0.15, -0.1) is 0 Å². The van der Waals surface area contributed by atoms with Gasteiger partial charge in [-0.25, -0.2) is 0 Å². The van der Waals surface area contributed by atoms with Crippen molar-refractivity contribution in [3.63, 3.8) is 0 Å². The summed E-state index contributed by atoms with van der Waals surface area (Å²) < 4.78 is 0. The Morgan fingerprint density at radius 2 is 1.72 bits per heavy atom. The Morgan fingerprint density at radius 3 is 2.44 bits per heavy atom. The van der Waals surface area contributed by atoms with Gasteiger partial charge in [0.25, 0.3) is 0 Å². The van der Waals surface area contributed by atoms with E-state index in [1.54, 1.807) is 0 Å². The van der Waals surface area contributed by atoms with E-state index < -0.39 is 0 Å². The molecule has 2 rings (SSSR count). The highest BCUT2D eigenvalue weighted by Gasteiger charge is 2.00. The molecular formula is C16H19NS. The zero-order chi connectivity index (χ0) is 12.8. The van der Waals surface area contributed by atoms with Gasteiger partial charge in [-0.2, -0.15) is 11.8 Å². The predicted molar refractivity (Wildman–Crippen MR) is 80.5 cm³/mol. The molecule has 2 aromatic rings. The van der Waals surface area contributed by atoms with Gasteiger partial charge in [-0.3, -0.25) is 0 Å². The zero-order valence-corrected chi connectivity index (χ0v) is 11.5. The van der Waals surface area contributed by atoms with Crippen molar-refractivity contribution in [1.82, 2.24) is 0 Å². The number of hydrogen-bond donors (Lipinski definition) is 1. The average Bonchev–Trinajstić information content (AvgIpc) is 2.39. The van der Waals surface area contributed by atoms with Gasteiger partial charge in [-0.1, -0.05) is 54.1 Å². The average molecular weight is 257 g/mol. The molecule has 0 bridgehead atoms. The molecule has 94 valence electrons. The quantitative estimate of drug-likeness (QED) is 0.879. The number of thioether (sulfide) groups is 1. The lowest BCUT2D eigenvalue weighted by Gasteiger charge is -2.07. The lowest BCUT2D eigenvalue weighted by atomic mass is 10.1. The lowest BCUT2D eigenvalue weighted by molar-refractivity contribution is 1.04. The molecule has 0 aliphatic rings. The van der Waals surface area contributed by atoms with Gasteiger partial charge in [0.1, 0.15) is 0 Å². The van der Waals surface area contributed by atoms with E-state index >= 15 is 0 Å². The molecule has 2 heteroatoms. The fourth-order valence-corrected chi connectivity index (χ4v) is 3.00. The van der Waals surface area contributed by atoms with Crippen LogP contribution < -0.4 is 5.73 Å². The minimum Gasteiger partial charge on any atom is -0.326 e. The first-order chi connectivity index (χ1) is 8.79. The molecule has 0 atom stereocenters. The van der Waals surface area contributed by atoms with E-state index in [0.29, 0.717) is 6.54 Å².